The maximum atomic E-state index is 13.4. The summed E-state index contributed by atoms with van der Waals surface area (Å²) in [5.41, 5.74) is 1.43. The average molecular weight is 601 g/mol. The van der Waals surface area contributed by atoms with Crippen LogP contribution in [0.2, 0.25) is 5.02 Å². The number of hydrogen-bond acceptors (Lipinski definition) is 7. The molecule has 0 aromatic heterocycles. The summed E-state index contributed by atoms with van der Waals surface area (Å²) in [7, 11) is -4.18. The highest BCUT2D eigenvalue weighted by atomic mass is 35.5. The van der Waals surface area contributed by atoms with Crippen LogP contribution in [-0.4, -0.2) is 57.4 Å². The second kappa shape index (κ2) is 10.6. The zero-order valence-electron chi connectivity index (χ0n) is 23.4. The van der Waals surface area contributed by atoms with E-state index in [0.717, 1.165) is 32.1 Å². The molecule has 6 rings (SSSR count). The molecule has 4 aliphatic rings. The van der Waals surface area contributed by atoms with Gasteiger partial charge in [0.2, 0.25) is 0 Å². The van der Waals surface area contributed by atoms with Gasteiger partial charge in [-0.1, -0.05) is 29.8 Å². The average Bonchev–Trinajstić information content (AvgIpc) is 3.05. The van der Waals surface area contributed by atoms with Gasteiger partial charge in [0.05, 0.1) is 29.9 Å². The Labute approximate surface area is 246 Å². The Bertz CT molecular complexity index is 1490. The Balaban J connectivity index is 1.44. The molecule has 1 saturated carbocycles. The number of amides is 1. The summed E-state index contributed by atoms with van der Waals surface area (Å²) in [6, 6.07) is 10.9. The summed E-state index contributed by atoms with van der Waals surface area (Å²) in [6.07, 6.45) is 7.56. The Morgan fingerprint density at radius 2 is 1.98 bits per heavy atom. The molecular formula is C31H37ClN2O6S. The summed E-state index contributed by atoms with van der Waals surface area (Å²) < 4.78 is 41.2. The van der Waals surface area contributed by atoms with Gasteiger partial charge >= 0.3 is 0 Å². The third kappa shape index (κ3) is 5.38. The van der Waals surface area contributed by atoms with E-state index in [-0.39, 0.29) is 28.8 Å². The largest absolute Gasteiger partial charge is 0.490 e. The first kappa shape index (κ1) is 28.5. The van der Waals surface area contributed by atoms with E-state index in [1.807, 2.05) is 12.1 Å². The minimum absolute atomic E-state index is 0.0158. The van der Waals surface area contributed by atoms with Crippen LogP contribution in [-0.2, 0) is 31.4 Å². The van der Waals surface area contributed by atoms with E-state index < -0.39 is 27.6 Å². The maximum Gasteiger partial charge on any atom is 0.265 e. The Morgan fingerprint density at radius 1 is 1.15 bits per heavy atom. The lowest BCUT2D eigenvalue weighted by Gasteiger charge is -2.45. The number of aliphatic hydroxyl groups is 1. The third-order valence-electron chi connectivity index (χ3n) is 9.34. The van der Waals surface area contributed by atoms with Crippen LogP contribution in [0.3, 0.4) is 0 Å². The van der Waals surface area contributed by atoms with Crippen molar-refractivity contribution in [2.24, 2.45) is 11.8 Å². The molecule has 2 bridgehead atoms. The van der Waals surface area contributed by atoms with E-state index in [1.165, 1.54) is 31.0 Å². The fraction of sp³-hybridized carbons (Fsp3) is 0.516. The number of ether oxygens (including phenoxy) is 2. The van der Waals surface area contributed by atoms with Crippen LogP contribution >= 0.6 is 11.6 Å². The van der Waals surface area contributed by atoms with Gasteiger partial charge in [0.1, 0.15) is 11.4 Å². The zero-order chi connectivity index (χ0) is 29.0. The van der Waals surface area contributed by atoms with E-state index >= 15 is 0 Å². The lowest BCUT2D eigenvalue weighted by atomic mass is 9.68. The molecule has 0 saturated heterocycles. The summed E-state index contributed by atoms with van der Waals surface area (Å²) in [6.45, 7) is 4.86. The van der Waals surface area contributed by atoms with Gasteiger partial charge in [-0.25, -0.2) is 13.1 Å². The number of nitrogens with zero attached hydrogens (tertiary/aromatic N) is 1. The number of rotatable bonds is 0. The van der Waals surface area contributed by atoms with Gasteiger partial charge in [-0.3, -0.25) is 4.79 Å². The fourth-order valence-electron chi connectivity index (χ4n) is 6.78. The Morgan fingerprint density at radius 3 is 2.76 bits per heavy atom. The van der Waals surface area contributed by atoms with Crippen molar-refractivity contribution >= 4 is 33.2 Å². The molecular weight excluding hydrogens is 564 g/mol. The van der Waals surface area contributed by atoms with Crippen LogP contribution in [0.15, 0.2) is 53.4 Å². The number of benzene rings is 2. The van der Waals surface area contributed by atoms with E-state index in [4.69, 9.17) is 21.1 Å². The van der Waals surface area contributed by atoms with Crippen LogP contribution < -0.4 is 14.4 Å². The van der Waals surface area contributed by atoms with Gasteiger partial charge in [-0.15, -0.1) is 0 Å². The summed E-state index contributed by atoms with van der Waals surface area (Å²) in [5.74, 6) is 0.131. The molecule has 0 radical (unpaired) electrons. The highest BCUT2D eigenvalue weighted by Gasteiger charge is 2.44. The van der Waals surface area contributed by atoms with Crippen LogP contribution in [0.5, 0.6) is 5.75 Å². The number of aliphatic hydroxyl groups excluding tert-OH is 1. The fourth-order valence-corrected chi connectivity index (χ4v) is 8.10. The molecule has 2 heterocycles. The molecule has 2 aromatic carbocycles. The van der Waals surface area contributed by atoms with Crippen molar-refractivity contribution in [3.8, 4) is 5.75 Å². The molecule has 2 aliphatic carbocycles. The highest BCUT2D eigenvalue weighted by molar-refractivity contribution is 7.90. The smallest absolute Gasteiger partial charge is 0.265 e. The predicted molar refractivity (Wildman–Crippen MR) is 157 cm³/mol. The lowest BCUT2D eigenvalue weighted by molar-refractivity contribution is -0.139. The first-order chi connectivity index (χ1) is 19.5. The summed E-state index contributed by atoms with van der Waals surface area (Å²) in [5, 5.41) is 11.7. The van der Waals surface area contributed by atoms with Crippen molar-refractivity contribution in [2.45, 2.75) is 68.0 Å². The van der Waals surface area contributed by atoms with Gasteiger partial charge in [0.25, 0.3) is 15.9 Å². The third-order valence-corrected chi connectivity index (χ3v) is 10.9. The van der Waals surface area contributed by atoms with Gasteiger partial charge in [-0.05, 0) is 99.2 Å². The van der Waals surface area contributed by atoms with E-state index in [2.05, 4.69) is 15.7 Å². The molecule has 41 heavy (non-hydrogen) atoms. The maximum absolute atomic E-state index is 13.4. The standard InChI is InChI=1S/C31H37ClN2O6S/c1-30(2)29(36)33-41(37,38)23-9-12-28-26(16-23)34(17-21-7-10-24(21)27(35)6-4-14-40-30)18-31(19-39-28)13-3-5-20-15-22(32)8-11-25(20)31/h4,6,8-9,11-12,15-16,21,24,27,35H,3,5,7,10,13-14,17-19H2,1-2H3,(H,33,36)/b6-4-/t21-,24+,27-,31-/m0/s1. The lowest BCUT2D eigenvalue weighted by Crippen LogP contribution is -2.49. The van der Waals surface area contributed by atoms with Gasteiger partial charge in [0, 0.05) is 23.5 Å². The number of sulfonamides is 1. The number of carbonyl (C=O) groups excluding carboxylic acids is 1. The molecule has 8 nitrogen and oxygen atoms in total. The minimum Gasteiger partial charge on any atom is -0.490 e. The zero-order valence-corrected chi connectivity index (χ0v) is 25.0. The van der Waals surface area contributed by atoms with Crippen LogP contribution in [0.1, 0.15) is 50.7 Å². The summed E-state index contributed by atoms with van der Waals surface area (Å²) in [4.78, 5) is 15.2. The quantitative estimate of drug-likeness (QED) is 0.433. The molecule has 2 aliphatic heterocycles. The van der Waals surface area contributed by atoms with Gasteiger partial charge < -0.3 is 19.5 Å². The number of carbonyl (C=O) groups is 1. The number of halogens is 1. The highest BCUT2D eigenvalue weighted by Crippen LogP contribution is 2.47. The number of hydrogen-bond donors (Lipinski definition) is 2. The molecule has 1 spiro atoms. The molecule has 4 atom stereocenters. The monoisotopic (exact) mass is 600 g/mol. The topological polar surface area (TPSA) is 105 Å². The van der Waals surface area contributed by atoms with E-state index in [1.54, 1.807) is 24.3 Å². The van der Waals surface area contributed by atoms with Crippen molar-refractivity contribution < 1.29 is 27.8 Å². The molecule has 220 valence electrons. The minimum atomic E-state index is -4.18. The van der Waals surface area contributed by atoms with Crippen molar-refractivity contribution in [1.29, 1.82) is 0 Å². The van der Waals surface area contributed by atoms with Crippen LogP contribution in [0, 0.1) is 11.8 Å². The molecule has 2 N–H and O–H groups in total. The van der Waals surface area contributed by atoms with Crippen LogP contribution in [0.4, 0.5) is 5.69 Å². The predicted octanol–water partition coefficient (Wildman–Crippen LogP) is 4.37. The van der Waals surface area contributed by atoms with E-state index in [9.17, 15) is 18.3 Å². The van der Waals surface area contributed by atoms with E-state index in [0.29, 0.717) is 36.2 Å². The van der Waals surface area contributed by atoms with Crippen molar-refractivity contribution in [3.05, 3.63) is 64.7 Å². The Hall–Kier alpha value is -2.59. The summed E-state index contributed by atoms with van der Waals surface area (Å²) >= 11 is 6.37. The molecule has 1 fully saturated rings. The normalized spacial score (nSPS) is 31.5. The first-order valence-electron chi connectivity index (χ1n) is 14.3. The van der Waals surface area contributed by atoms with Crippen molar-refractivity contribution in [1.82, 2.24) is 4.72 Å². The second-order valence-corrected chi connectivity index (χ2v) is 14.5. The number of fused-ring (bicyclic) bond motifs is 4. The molecule has 10 heteroatoms. The molecule has 0 unspecified atom stereocenters. The second-order valence-electron chi connectivity index (χ2n) is 12.4. The van der Waals surface area contributed by atoms with Crippen molar-refractivity contribution in [2.75, 3.05) is 31.2 Å². The SMILES string of the molecule is CC1(C)OC/C=C\[C@H](O)[C@@H]2CC[C@H]2CN2C[C@@]3(CCCc4cc(Cl)ccc43)COc3ccc(cc32)S(=O)(=O)NC1=O. The number of aryl methyl sites for hydroxylation is 1. The van der Waals surface area contributed by atoms with Gasteiger partial charge in [-0.2, -0.15) is 0 Å². The molecule has 1 amide bonds. The first-order valence-corrected chi connectivity index (χ1v) is 16.2. The van der Waals surface area contributed by atoms with Gasteiger partial charge in [0.15, 0.2) is 0 Å². The Kier molecular flexibility index (Phi) is 7.37. The number of anilines is 1. The van der Waals surface area contributed by atoms with Crippen molar-refractivity contribution in [3.63, 3.8) is 0 Å². The molecule has 2 aromatic rings. The number of nitrogens with one attached hydrogen (secondary N) is 1. The van der Waals surface area contributed by atoms with Crippen LogP contribution in [0.25, 0.3) is 0 Å².